The first-order chi connectivity index (χ1) is 12.3. The summed E-state index contributed by atoms with van der Waals surface area (Å²) >= 11 is 0. The van der Waals surface area contributed by atoms with E-state index in [1.54, 1.807) is 43.6 Å². The lowest BCUT2D eigenvalue weighted by atomic mass is 10.1. The number of benzene rings is 2. The predicted octanol–water partition coefficient (Wildman–Crippen LogP) is 4.55. The molecule has 0 fully saturated rings. The molecule has 0 unspecified atom stereocenters. The molecule has 0 amide bonds. The summed E-state index contributed by atoms with van der Waals surface area (Å²) in [5, 5.41) is 9.74. The molecule has 0 atom stereocenters. The monoisotopic (exact) mass is 375 g/mol. The van der Waals surface area contributed by atoms with Gasteiger partial charge in [0.1, 0.15) is 5.75 Å². The van der Waals surface area contributed by atoms with Crippen molar-refractivity contribution in [3.05, 3.63) is 59.8 Å². The molecular weight excluding hydrogens is 354 g/mol. The molecule has 0 spiro atoms. The van der Waals surface area contributed by atoms with Gasteiger partial charge < -0.3 is 9.84 Å². The molecule has 0 saturated heterocycles. The molecule has 3 rings (SSSR count). The average molecular weight is 375 g/mol. The smallest absolute Gasteiger partial charge is 0.303 e. The number of carboxylic acid groups (broad SMARTS) is 1. The van der Waals surface area contributed by atoms with Crippen molar-refractivity contribution in [3.8, 4) is 5.75 Å². The number of aromatic nitrogens is 1. The number of hydrogen-bond donors (Lipinski definition) is 3. The van der Waals surface area contributed by atoms with Crippen LogP contribution in [0.5, 0.6) is 5.75 Å². The highest BCUT2D eigenvalue weighted by Crippen LogP contribution is 2.52. The van der Waals surface area contributed by atoms with E-state index >= 15 is 0 Å². The van der Waals surface area contributed by atoms with E-state index in [0.717, 1.165) is 16.5 Å². The Morgan fingerprint density at radius 1 is 1.15 bits per heavy atom. The van der Waals surface area contributed by atoms with Gasteiger partial charge in [0.2, 0.25) is 0 Å². The van der Waals surface area contributed by atoms with Crippen LogP contribution >= 0.6 is 10.8 Å². The fourth-order valence-electron chi connectivity index (χ4n) is 2.86. The average Bonchev–Trinajstić information content (AvgIpc) is 2.99. The number of aliphatic carboxylic acids is 1. The second-order valence-corrected chi connectivity index (χ2v) is 7.99. The summed E-state index contributed by atoms with van der Waals surface area (Å²) in [4.78, 5) is 11.4. The summed E-state index contributed by atoms with van der Waals surface area (Å²) in [7, 11) is -1.74. The first kappa shape index (κ1) is 18.3. The summed E-state index contributed by atoms with van der Waals surface area (Å²) in [5.41, 5.74) is 2.37. The Morgan fingerprint density at radius 3 is 2.46 bits per heavy atom. The van der Waals surface area contributed by atoms with Gasteiger partial charge in [0, 0.05) is 18.0 Å². The highest BCUT2D eigenvalue weighted by atomic mass is 32.3. The van der Waals surface area contributed by atoms with E-state index in [-0.39, 0.29) is 12.8 Å². The maximum Gasteiger partial charge on any atom is 0.303 e. The van der Waals surface area contributed by atoms with Crippen molar-refractivity contribution in [3.63, 3.8) is 0 Å². The molecule has 6 nitrogen and oxygen atoms in total. The van der Waals surface area contributed by atoms with Gasteiger partial charge in [-0.25, -0.2) is 3.97 Å². The highest BCUT2D eigenvalue weighted by Gasteiger charge is 2.22. The molecule has 0 aliphatic carbocycles. The Hall–Kier alpha value is -2.48. The normalized spacial score (nSPS) is 12.3. The molecule has 2 aromatic carbocycles. The Kier molecular flexibility index (Phi) is 4.95. The van der Waals surface area contributed by atoms with E-state index in [2.05, 4.69) is 0 Å². The van der Waals surface area contributed by atoms with Crippen LogP contribution in [0, 0.1) is 6.92 Å². The van der Waals surface area contributed by atoms with Crippen molar-refractivity contribution >= 4 is 27.6 Å². The number of ether oxygens (including phenoxy) is 1. The molecule has 1 heterocycles. The van der Waals surface area contributed by atoms with E-state index < -0.39 is 16.7 Å². The van der Waals surface area contributed by atoms with E-state index in [1.165, 1.54) is 3.97 Å². The molecule has 26 heavy (non-hydrogen) atoms. The SMILES string of the molecule is COc1ccc2c(c1)c(CCC(=O)O)cn2S(O)(O)c1ccc(C)cc1. The van der Waals surface area contributed by atoms with Crippen molar-refractivity contribution in [2.45, 2.75) is 24.7 Å². The zero-order valence-corrected chi connectivity index (χ0v) is 15.4. The van der Waals surface area contributed by atoms with Gasteiger partial charge in [-0.2, -0.15) is 0 Å². The summed E-state index contributed by atoms with van der Waals surface area (Å²) in [5.74, 6) is -0.280. The van der Waals surface area contributed by atoms with Crippen molar-refractivity contribution in [1.82, 2.24) is 3.97 Å². The van der Waals surface area contributed by atoms with Crippen molar-refractivity contribution in [1.29, 1.82) is 0 Å². The van der Waals surface area contributed by atoms with Gasteiger partial charge in [0.15, 0.2) is 0 Å². The van der Waals surface area contributed by atoms with Crippen molar-refractivity contribution < 1.29 is 23.7 Å². The van der Waals surface area contributed by atoms with Gasteiger partial charge in [-0.05, 0) is 49.2 Å². The van der Waals surface area contributed by atoms with E-state index in [4.69, 9.17) is 9.84 Å². The number of carboxylic acids is 1. The molecule has 3 aromatic rings. The van der Waals surface area contributed by atoms with Gasteiger partial charge in [0.05, 0.1) is 17.5 Å². The van der Waals surface area contributed by atoms with Gasteiger partial charge in [-0.1, -0.05) is 28.5 Å². The predicted molar refractivity (Wildman–Crippen MR) is 102 cm³/mol. The second-order valence-electron chi connectivity index (χ2n) is 6.09. The highest BCUT2D eigenvalue weighted by molar-refractivity contribution is 8.23. The lowest BCUT2D eigenvalue weighted by molar-refractivity contribution is -0.136. The van der Waals surface area contributed by atoms with Crippen LogP contribution in [0.25, 0.3) is 10.9 Å². The zero-order chi connectivity index (χ0) is 18.9. The second kappa shape index (κ2) is 7.03. The summed E-state index contributed by atoms with van der Waals surface area (Å²) in [6, 6.07) is 12.3. The first-order valence-electron chi connectivity index (χ1n) is 8.08. The van der Waals surface area contributed by atoms with Gasteiger partial charge in [-0.15, -0.1) is 0 Å². The molecule has 138 valence electrons. The third-order valence-corrected chi connectivity index (χ3v) is 6.04. The van der Waals surface area contributed by atoms with Crippen LogP contribution < -0.4 is 4.74 Å². The van der Waals surface area contributed by atoms with Gasteiger partial charge in [0.25, 0.3) is 0 Å². The molecule has 0 radical (unpaired) electrons. The third-order valence-electron chi connectivity index (χ3n) is 4.28. The summed E-state index contributed by atoms with van der Waals surface area (Å²) in [6.45, 7) is 1.93. The van der Waals surface area contributed by atoms with Crippen LogP contribution in [0.4, 0.5) is 0 Å². The zero-order valence-electron chi connectivity index (χ0n) is 14.5. The topological polar surface area (TPSA) is 91.9 Å². The Labute approximate surface area is 153 Å². The van der Waals surface area contributed by atoms with Gasteiger partial charge in [-0.3, -0.25) is 13.9 Å². The van der Waals surface area contributed by atoms with Crippen LogP contribution in [0.2, 0.25) is 0 Å². The van der Waals surface area contributed by atoms with Crippen LogP contribution in [0.3, 0.4) is 0 Å². The van der Waals surface area contributed by atoms with Crippen LogP contribution in [0.15, 0.2) is 53.6 Å². The van der Waals surface area contributed by atoms with Crippen LogP contribution in [-0.2, 0) is 11.2 Å². The Morgan fingerprint density at radius 2 is 1.85 bits per heavy atom. The number of nitrogens with zero attached hydrogens (tertiary/aromatic N) is 1. The molecule has 0 aliphatic heterocycles. The lowest BCUT2D eigenvalue weighted by Crippen LogP contribution is -2.08. The van der Waals surface area contributed by atoms with E-state index in [1.807, 2.05) is 19.1 Å². The molecule has 7 heteroatoms. The minimum absolute atomic E-state index is 0.0416. The first-order valence-corrected chi connectivity index (χ1v) is 9.58. The molecule has 0 bridgehead atoms. The maximum absolute atomic E-state index is 11.0. The minimum Gasteiger partial charge on any atom is -0.497 e. The van der Waals surface area contributed by atoms with Crippen molar-refractivity contribution in [2.24, 2.45) is 0 Å². The standard InChI is InChI=1S/C19H21NO5S/c1-13-3-7-16(8-4-13)26(23,24)20-12-14(5-10-19(21)22)17-11-15(25-2)6-9-18(17)20/h3-4,6-9,11-12,23-24H,5,10H2,1-2H3,(H,21,22). The fraction of sp³-hybridized carbons (Fsp3) is 0.211. The Balaban J connectivity index is 2.15. The number of fused-ring (bicyclic) bond motifs is 1. The lowest BCUT2D eigenvalue weighted by Gasteiger charge is -2.34. The number of aryl methyl sites for hydroxylation is 2. The summed E-state index contributed by atoms with van der Waals surface area (Å²) in [6.07, 6.45) is 1.87. The Bertz CT molecular complexity index is 946. The largest absolute Gasteiger partial charge is 0.497 e. The minimum atomic E-state index is -3.29. The van der Waals surface area contributed by atoms with Crippen LogP contribution in [-0.4, -0.2) is 31.3 Å². The fourth-order valence-corrected chi connectivity index (χ4v) is 4.29. The third kappa shape index (κ3) is 3.41. The summed E-state index contributed by atoms with van der Waals surface area (Å²) < 4.78 is 28.5. The van der Waals surface area contributed by atoms with Gasteiger partial charge >= 0.3 is 5.97 Å². The van der Waals surface area contributed by atoms with Crippen molar-refractivity contribution in [2.75, 3.05) is 7.11 Å². The molecule has 1 aromatic heterocycles. The number of rotatable bonds is 6. The molecule has 0 aliphatic rings. The van der Waals surface area contributed by atoms with E-state index in [0.29, 0.717) is 16.2 Å². The van der Waals surface area contributed by atoms with E-state index in [9.17, 15) is 13.9 Å². The molecule has 0 saturated carbocycles. The quantitative estimate of drug-likeness (QED) is 0.588. The molecule has 3 N–H and O–H groups in total. The number of hydrogen-bond acceptors (Lipinski definition) is 4. The number of carbonyl (C=O) groups is 1. The van der Waals surface area contributed by atoms with Crippen LogP contribution in [0.1, 0.15) is 17.5 Å². The number of methoxy groups -OCH3 is 1. The molecular formula is C19H21NO5S. The maximum atomic E-state index is 11.0.